The Balaban J connectivity index is 1.75. The molecule has 6 heteroatoms. The number of pyridine rings is 1. The number of hydrogen-bond donors (Lipinski definition) is 3. The van der Waals surface area contributed by atoms with Gasteiger partial charge in [0.25, 0.3) is 0 Å². The molecule has 0 fully saturated rings. The Bertz CT molecular complexity index is 946. The molecule has 0 amide bonds. The Morgan fingerprint density at radius 3 is 2.96 bits per heavy atom. The molecule has 0 saturated heterocycles. The molecular formula is C20H22N4O2. The molecule has 3 rings (SSSR count). The summed E-state index contributed by atoms with van der Waals surface area (Å²) in [6, 6.07) is 9.90. The van der Waals surface area contributed by atoms with Gasteiger partial charge in [-0.05, 0) is 42.8 Å². The van der Waals surface area contributed by atoms with E-state index in [1.165, 1.54) is 11.6 Å². The van der Waals surface area contributed by atoms with Crippen LogP contribution in [0.5, 0.6) is 0 Å². The van der Waals surface area contributed by atoms with Gasteiger partial charge in [-0.25, -0.2) is 9.78 Å². The minimum Gasteiger partial charge on any atom is -0.478 e. The second-order valence-corrected chi connectivity index (χ2v) is 6.31. The quantitative estimate of drug-likeness (QED) is 0.450. The molecule has 0 bridgehead atoms. The number of nitrogens with zero attached hydrogens (tertiary/aromatic N) is 2. The summed E-state index contributed by atoms with van der Waals surface area (Å²) in [5.74, 6) is -0.921. The van der Waals surface area contributed by atoms with Crippen LogP contribution < -0.4 is 5.73 Å². The van der Waals surface area contributed by atoms with E-state index in [1.807, 2.05) is 43.7 Å². The van der Waals surface area contributed by atoms with Gasteiger partial charge in [-0.15, -0.1) is 0 Å². The molecule has 6 nitrogen and oxygen atoms in total. The molecule has 0 aliphatic rings. The lowest BCUT2D eigenvalue weighted by atomic mass is 10.0. The first-order valence-corrected chi connectivity index (χ1v) is 8.43. The molecule has 0 radical (unpaired) electrons. The van der Waals surface area contributed by atoms with Crippen LogP contribution in [0.25, 0.3) is 22.2 Å². The van der Waals surface area contributed by atoms with Crippen LogP contribution in [0.4, 0.5) is 5.69 Å². The van der Waals surface area contributed by atoms with Gasteiger partial charge in [-0.1, -0.05) is 18.2 Å². The fraction of sp³-hybridized carbons (Fsp3) is 0.200. The normalized spacial score (nSPS) is 11.6. The van der Waals surface area contributed by atoms with Crippen molar-refractivity contribution >= 4 is 22.7 Å². The fourth-order valence-corrected chi connectivity index (χ4v) is 2.88. The third kappa shape index (κ3) is 4.29. The van der Waals surface area contributed by atoms with E-state index in [9.17, 15) is 4.79 Å². The van der Waals surface area contributed by atoms with Crippen molar-refractivity contribution < 1.29 is 9.90 Å². The second-order valence-electron chi connectivity index (χ2n) is 6.31. The SMILES string of the molecule is CN(C/C=C/C(=O)O)CCc1c[nH]c2ncc(-c3cccc(N)c3)cc12. The minimum atomic E-state index is -0.921. The first kappa shape index (κ1) is 17.7. The summed E-state index contributed by atoms with van der Waals surface area (Å²) >= 11 is 0. The van der Waals surface area contributed by atoms with Gasteiger partial charge in [0.05, 0.1) is 0 Å². The standard InChI is InChI=1S/C20H22N4O2/c1-24(8-3-6-19(25)26)9-7-15-12-22-20-18(15)11-16(13-23-20)14-4-2-5-17(21)10-14/h2-6,10-13H,7-9,21H2,1H3,(H,22,23)(H,25,26)/b6-3+. The van der Waals surface area contributed by atoms with Gasteiger partial charge in [0.15, 0.2) is 0 Å². The monoisotopic (exact) mass is 350 g/mol. The average Bonchev–Trinajstić information content (AvgIpc) is 3.02. The lowest BCUT2D eigenvalue weighted by Crippen LogP contribution is -2.21. The zero-order valence-electron chi connectivity index (χ0n) is 14.6. The molecule has 0 atom stereocenters. The number of benzene rings is 1. The van der Waals surface area contributed by atoms with Gasteiger partial charge in [0.2, 0.25) is 0 Å². The number of aromatic nitrogens is 2. The minimum absolute atomic E-state index is 0.599. The van der Waals surface area contributed by atoms with Crippen molar-refractivity contribution in [2.24, 2.45) is 0 Å². The number of carbonyl (C=O) groups is 1. The van der Waals surface area contributed by atoms with Gasteiger partial charge in [-0.3, -0.25) is 0 Å². The van der Waals surface area contributed by atoms with E-state index in [2.05, 4.69) is 20.9 Å². The number of aliphatic carboxylic acids is 1. The van der Waals surface area contributed by atoms with E-state index >= 15 is 0 Å². The van der Waals surface area contributed by atoms with Crippen molar-refractivity contribution in [3.63, 3.8) is 0 Å². The summed E-state index contributed by atoms with van der Waals surface area (Å²) in [5.41, 5.74) is 10.7. The van der Waals surface area contributed by atoms with E-state index in [-0.39, 0.29) is 0 Å². The molecule has 2 heterocycles. The predicted octanol–water partition coefficient (Wildman–Crippen LogP) is 2.93. The van der Waals surface area contributed by atoms with Crippen LogP contribution in [0.15, 0.2) is 54.9 Å². The zero-order chi connectivity index (χ0) is 18.5. The molecule has 2 aromatic heterocycles. The van der Waals surface area contributed by atoms with Crippen LogP contribution in [0.2, 0.25) is 0 Å². The third-order valence-electron chi connectivity index (χ3n) is 4.28. The Morgan fingerprint density at radius 2 is 2.19 bits per heavy atom. The van der Waals surface area contributed by atoms with E-state index < -0.39 is 5.97 Å². The molecule has 4 N–H and O–H groups in total. The molecule has 26 heavy (non-hydrogen) atoms. The molecule has 0 aliphatic carbocycles. The largest absolute Gasteiger partial charge is 0.478 e. The lowest BCUT2D eigenvalue weighted by Gasteiger charge is -2.13. The topological polar surface area (TPSA) is 95.2 Å². The van der Waals surface area contributed by atoms with Crippen LogP contribution in [0.1, 0.15) is 5.56 Å². The van der Waals surface area contributed by atoms with E-state index in [1.54, 1.807) is 6.08 Å². The van der Waals surface area contributed by atoms with Crippen molar-refractivity contribution in [2.45, 2.75) is 6.42 Å². The summed E-state index contributed by atoms with van der Waals surface area (Å²) in [4.78, 5) is 20.3. The smallest absolute Gasteiger partial charge is 0.328 e. The van der Waals surface area contributed by atoms with Crippen molar-refractivity contribution in [1.82, 2.24) is 14.9 Å². The summed E-state index contributed by atoms with van der Waals surface area (Å²) < 4.78 is 0. The first-order chi connectivity index (χ1) is 12.5. The van der Waals surface area contributed by atoms with E-state index in [0.717, 1.165) is 40.8 Å². The highest BCUT2D eigenvalue weighted by Gasteiger charge is 2.08. The van der Waals surface area contributed by atoms with Crippen molar-refractivity contribution in [3.05, 3.63) is 60.4 Å². The molecule has 134 valence electrons. The number of nitrogens with two attached hydrogens (primary N) is 1. The molecule has 0 aliphatic heterocycles. The maximum absolute atomic E-state index is 10.5. The highest BCUT2D eigenvalue weighted by molar-refractivity contribution is 5.85. The molecule has 0 unspecified atom stereocenters. The van der Waals surface area contributed by atoms with E-state index in [0.29, 0.717) is 6.54 Å². The number of H-pyrrole nitrogens is 1. The number of likely N-dealkylation sites (N-methyl/N-ethyl adjacent to an activating group) is 1. The Kier molecular flexibility index (Phi) is 5.34. The summed E-state index contributed by atoms with van der Waals surface area (Å²) in [6.07, 6.45) is 7.50. The Hall–Kier alpha value is -3.12. The second kappa shape index (κ2) is 7.84. The molecule has 0 saturated carbocycles. The number of carboxylic acids is 1. The number of rotatable bonds is 7. The number of anilines is 1. The summed E-state index contributed by atoms with van der Waals surface area (Å²) in [7, 11) is 1.97. The fourth-order valence-electron chi connectivity index (χ4n) is 2.88. The van der Waals surface area contributed by atoms with Crippen molar-refractivity contribution in [2.75, 3.05) is 25.9 Å². The van der Waals surface area contributed by atoms with Gasteiger partial charge < -0.3 is 20.7 Å². The highest BCUT2D eigenvalue weighted by Crippen LogP contribution is 2.26. The van der Waals surface area contributed by atoms with Crippen molar-refractivity contribution in [3.8, 4) is 11.1 Å². The average molecular weight is 350 g/mol. The summed E-state index contributed by atoms with van der Waals surface area (Å²) in [5, 5.41) is 9.73. The molecular weight excluding hydrogens is 328 g/mol. The zero-order valence-corrected chi connectivity index (χ0v) is 14.6. The molecule has 3 aromatic rings. The number of nitrogen functional groups attached to an aromatic ring is 1. The first-order valence-electron chi connectivity index (χ1n) is 8.43. The van der Waals surface area contributed by atoms with Crippen LogP contribution >= 0.6 is 0 Å². The van der Waals surface area contributed by atoms with Crippen LogP contribution in [0.3, 0.4) is 0 Å². The number of hydrogen-bond acceptors (Lipinski definition) is 4. The highest BCUT2D eigenvalue weighted by atomic mass is 16.4. The number of fused-ring (bicyclic) bond motifs is 1. The maximum atomic E-state index is 10.5. The van der Waals surface area contributed by atoms with Crippen LogP contribution in [0, 0.1) is 0 Å². The van der Waals surface area contributed by atoms with Crippen molar-refractivity contribution in [1.29, 1.82) is 0 Å². The number of aromatic amines is 1. The predicted molar refractivity (Wildman–Crippen MR) is 104 cm³/mol. The van der Waals surface area contributed by atoms with Gasteiger partial charge in [-0.2, -0.15) is 0 Å². The third-order valence-corrected chi connectivity index (χ3v) is 4.28. The van der Waals surface area contributed by atoms with Gasteiger partial charge in [0, 0.05) is 48.2 Å². The van der Waals surface area contributed by atoms with Crippen LogP contribution in [-0.4, -0.2) is 46.1 Å². The lowest BCUT2D eigenvalue weighted by molar-refractivity contribution is -0.131. The van der Waals surface area contributed by atoms with Gasteiger partial charge >= 0.3 is 5.97 Å². The Labute approximate surface area is 152 Å². The van der Waals surface area contributed by atoms with Gasteiger partial charge in [0.1, 0.15) is 5.65 Å². The Morgan fingerprint density at radius 1 is 1.35 bits per heavy atom. The summed E-state index contributed by atoms with van der Waals surface area (Å²) in [6.45, 7) is 1.42. The molecule has 1 aromatic carbocycles. The van der Waals surface area contributed by atoms with E-state index in [4.69, 9.17) is 10.8 Å². The number of carboxylic acid groups (broad SMARTS) is 1. The molecule has 0 spiro atoms. The van der Waals surface area contributed by atoms with Crippen LogP contribution in [-0.2, 0) is 11.2 Å². The number of nitrogens with one attached hydrogen (secondary N) is 1. The maximum Gasteiger partial charge on any atom is 0.328 e.